The molecule has 7 nitrogen and oxygen atoms in total. The maximum absolute atomic E-state index is 12.2. The van der Waals surface area contributed by atoms with Gasteiger partial charge in [-0.15, -0.1) is 0 Å². The molecule has 1 saturated carbocycles. The second-order valence-electron chi connectivity index (χ2n) is 9.47. The van der Waals surface area contributed by atoms with Gasteiger partial charge in [0.25, 0.3) is 5.91 Å². The molecule has 1 aliphatic carbocycles. The SMILES string of the molecule is O=C(NCC1CCC(CCN2CCN(c3cccc4c3OCO4)CC2)CC1)c1cccnc1. The van der Waals surface area contributed by atoms with Crippen LogP contribution in [0.3, 0.4) is 0 Å². The number of pyridine rings is 1. The molecule has 2 aliphatic heterocycles. The number of piperazine rings is 1. The van der Waals surface area contributed by atoms with Crippen LogP contribution in [0.25, 0.3) is 0 Å². The molecule has 0 radical (unpaired) electrons. The lowest BCUT2D eigenvalue weighted by atomic mass is 9.80. The molecular formula is C26H34N4O3. The number of rotatable bonds is 7. The third-order valence-corrected chi connectivity index (χ3v) is 7.38. The van der Waals surface area contributed by atoms with Gasteiger partial charge < -0.3 is 19.7 Å². The Morgan fingerprint density at radius 1 is 1.00 bits per heavy atom. The van der Waals surface area contributed by atoms with Crippen molar-refractivity contribution in [1.82, 2.24) is 15.2 Å². The molecular weight excluding hydrogens is 416 g/mol. The molecule has 2 fully saturated rings. The predicted molar refractivity (Wildman–Crippen MR) is 128 cm³/mol. The Morgan fingerprint density at radius 3 is 2.61 bits per heavy atom. The Kier molecular flexibility index (Phi) is 6.95. The number of fused-ring (bicyclic) bond motifs is 1. The van der Waals surface area contributed by atoms with Crippen molar-refractivity contribution in [2.24, 2.45) is 11.8 Å². The summed E-state index contributed by atoms with van der Waals surface area (Å²) >= 11 is 0. The number of carbonyl (C=O) groups excluding carboxylic acids is 1. The van der Waals surface area contributed by atoms with E-state index in [1.54, 1.807) is 18.5 Å². The van der Waals surface area contributed by atoms with Crippen LogP contribution >= 0.6 is 0 Å². The first-order valence-corrected chi connectivity index (χ1v) is 12.3. The Bertz CT molecular complexity index is 922. The molecule has 0 spiro atoms. The van der Waals surface area contributed by atoms with E-state index in [-0.39, 0.29) is 5.91 Å². The molecule has 176 valence electrons. The molecule has 3 aliphatic rings. The van der Waals surface area contributed by atoms with Crippen molar-refractivity contribution in [1.29, 1.82) is 0 Å². The number of benzene rings is 1. The first-order chi connectivity index (χ1) is 16.3. The third kappa shape index (κ3) is 5.41. The van der Waals surface area contributed by atoms with Crippen LogP contribution in [-0.4, -0.2) is 61.9 Å². The second-order valence-corrected chi connectivity index (χ2v) is 9.47. The molecule has 33 heavy (non-hydrogen) atoms. The van der Waals surface area contributed by atoms with Crippen LogP contribution in [0.4, 0.5) is 5.69 Å². The topological polar surface area (TPSA) is 66.9 Å². The van der Waals surface area contributed by atoms with Crippen molar-refractivity contribution >= 4 is 11.6 Å². The van der Waals surface area contributed by atoms with Gasteiger partial charge in [-0.2, -0.15) is 0 Å². The monoisotopic (exact) mass is 450 g/mol. The number of nitrogens with one attached hydrogen (secondary N) is 1. The van der Waals surface area contributed by atoms with E-state index in [1.165, 1.54) is 44.3 Å². The number of hydrogen-bond donors (Lipinski definition) is 1. The molecule has 1 aromatic carbocycles. The molecule has 1 N–H and O–H groups in total. The minimum absolute atomic E-state index is 0.0103. The molecule has 0 atom stereocenters. The van der Waals surface area contributed by atoms with E-state index < -0.39 is 0 Å². The number of hydrogen-bond acceptors (Lipinski definition) is 6. The standard InChI is InChI=1S/C26H34N4O3/c31-26(22-3-2-11-27-18-22)28-17-21-8-6-20(7-9-21)10-12-29-13-15-30(16-14-29)23-4-1-5-24-25(23)33-19-32-24/h1-5,11,18,20-21H,6-10,12-17,19H2,(H,28,31). The highest BCUT2D eigenvalue weighted by Gasteiger charge is 2.26. The molecule has 5 rings (SSSR count). The highest BCUT2D eigenvalue weighted by molar-refractivity contribution is 5.93. The fourth-order valence-electron chi connectivity index (χ4n) is 5.30. The summed E-state index contributed by atoms with van der Waals surface area (Å²) in [5, 5.41) is 3.09. The minimum Gasteiger partial charge on any atom is -0.454 e. The number of amides is 1. The van der Waals surface area contributed by atoms with Gasteiger partial charge in [-0.25, -0.2) is 0 Å². The zero-order valence-corrected chi connectivity index (χ0v) is 19.2. The van der Waals surface area contributed by atoms with Gasteiger partial charge in [0.15, 0.2) is 11.5 Å². The Hall–Kier alpha value is -2.80. The fourth-order valence-corrected chi connectivity index (χ4v) is 5.30. The average molecular weight is 451 g/mol. The highest BCUT2D eigenvalue weighted by Crippen LogP contribution is 2.41. The number of anilines is 1. The Labute approximate surface area is 196 Å². The Balaban J connectivity index is 0.993. The van der Waals surface area contributed by atoms with Crippen molar-refractivity contribution in [3.05, 3.63) is 48.3 Å². The molecule has 2 aromatic rings. The summed E-state index contributed by atoms with van der Waals surface area (Å²) in [5.41, 5.74) is 1.81. The summed E-state index contributed by atoms with van der Waals surface area (Å²) in [4.78, 5) is 21.3. The van der Waals surface area contributed by atoms with E-state index in [0.717, 1.165) is 50.1 Å². The van der Waals surface area contributed by atoms with Crippen LogP contribution in [0.15, 0.2) is 42.7 Å². The van der Waals surface area contributed by atoms with Crippen LogP contribution in [0, 0.1) is 11.8 Å². The molecule has 0 bridgehead atoms. The van der Waals surface area contributed by atoms with Crippen LogP contribution in [-0.2, 0) is 0 Å². The van der Waals surface area contributed by atoms with Crippen LogP contribution < -0.4 is 19.7 Å². The summed E-state index contributed by atoms with van der Waals surface area (Å²) < 4.78 is 11.2. The number of ether oxygens (including phenoxy) is 2. The molecule has 1 saturated heterocycles. The van der Waals surface area contributed by atoms with Crippen LogP contribution in [0.1, 0.15) is 42.5 Å². The predicted octanol–water partition coefficient (Wildman–Crippen LogP) is 3.56. The first-order valence-electron chi connectivity index (χ1n) is 12.3. The Morgan fingerprint density at radius 2 is 1.82 bits per heavy atom. The van der Waals surface area contributed by atoms with Crippen molar-refractivity contribution < 1.29 is 14.3 Å². The number of nitrogens with zero attached hydrogens (tertiary/aromatic N) is 3. The number of para-hydroxylation sites is 1. The van der Waals surface area contributed by atoms with Gasteiger partial charge in [0.05, 0.1) is 11.3 Å². The van der Waals surface area contributed by atoms with Gasteiger partial charge in [-0.3, -0.25) is 14.7 Å². The van der Waals surface area contributed by atoms with Crippen molar-refractivity contribution in [2.45, 2.75) is 32.1 Å². The summed E-state index contributed by atoms with van der Waals surface area (Å²) in [7, 11) is 0. The van der Waals surface area contributed by atoms with Gasteiger partial charge in [0.2, 0.25) is 6.79 Å². The minimum atomic E-state index is -0.0103. The van der Waals surface area contributed by atoms with Crippen molar-refractivity contribution in [2.75, 3.05) is 51.0 Å². The van der Waals surface area contributed by atoms with Gasteiger partial charge in [-0.05, 0) is 61.9 Å². The third-order valence-electron chi connectivity index (χ3n) is 7.38. The molecule has 7 heteroatoms. The van der Waals surface area contributed by atoms with Gasteiger partial charge in [0, 0.05) is 45.1 Å². The lowest BCUT2D eigenvalue weighted by molar-refractivity contribution is 0.0940. The maximum Gasteiger partial charge on any atom is 0.252 e. The van der Waals surface area contributed by atoms with E-state index >= 15 is 0 Å². The lowest BCUT2D eigenvalue weighted by Crippen LogP contribution is -2.47. The van der Waals surface area contributed by atoms with Crippen molar-refractivity contribution in [3.8, 4) is 11.5 Å². The smallest absolute Gasteiger partial charge is 0.252 e. The van der Waals surface area contributed by atoms with E-state index in [4.69, 9.17) is 9.47 Å². The van der Waals surface area contributed by atoms with Crippen molar-refractivity contribution in [3.63, 3.8) is 0 Å². The largest absolute Gasteiger partial charge is 0.454 e. The molecule has 0 unspecified atom stereocenters. The average Bonchev–Trinajstić information content (AvgIpc) is 3.37. The lowest BCUT2D eigenvalue weighted by Gasteiger charge is -2.37. The summed E-state index contributed by atoms with van der Waals surface area (Å²) in [6.07, 6.45) is 9.59. The summed E-state index contributed by atoms with van der Waals surface area (Å²) in [6.45, 7) is 6.55. The number of aromatic nitrogens is 1. The quantitative estimate of drug-likeness (QED) is 0.696. The second kappa shape index (κ2) is 10.4. The van der Waals surface area contributed by atoms with E-state index in [0.29, 0.717) is 18.3 Å². The maximum atomic E-state index is 12.2. The summed E-state index contributed by atoms with van der Waals surface area (Å²) in [6, 6.07) is 9.78. The van der Waals surface area contributed by atoms with Crippen LogP contribution in [0.5, 0.6) is 11.5 Å². The summed E-state index contributed by atoms with van der Waals surface area (Å²) in [5.74, 6) is 3.17. The zero-order chi connectivity index (χ0) is 22.5. The van der Waals surface area contributed by atoms with E-state index in [9.17, 15) is 4.79 Å². The van der Waals surface area contributed by atoms with Gasteiger partial charge in [-0.1, -0.05) is 18.9 Å². The zero-order valence-electron chi connectivity index (χ0n) is 19.2. The highest BCUT2D eigenvalue weighted by atomic mass is 16.7. The van der Waals surface area contributed by atoms with E-state index in [1.807, 2.05) is 12.1 Å². The first kappa shape index (κ1) is 22.0. The molecule has 3 heterocycles. The normalized spacial score (nSPS) is 22.8. The number of carbonyl (C=O) groups is 1. The fraction of sp³-hybridized carbons (Fsp3) is 0.538. The van der Waals surface area contributed by atoms with Gasteiger partial charge >= 0.3 is 0 Å². The van der Waals surface area contributed by atoms with Gasteiger partial charge in [0.1, 0.15) is 0 Å². The van der Waals surface area contributed by atoms with Crippen LogP contribution in [0.2, 0.25) is 0 Å². The van der Waals surface area contributed by atoms with E-state index in [2.05, 4.69) is 32.2 Å². The molecule has 1 aromatic heterocycles. The molecule has 1 amide bonds.